The number of benzene rings is 2. The van der Waals surface area contributed by atoms with Gasteiger partial charge in [-0.25, -0.2) is 15.0 Å². The molecule has 0 radical (unpaired) electrons. The molecule has 0 atom stereocenters. The number of hydrogen-bond donors (Lipinski definition) is 3. The number of nitrogens with zero attached hydrogens (tertiary/aromatic N) is 3. The normalized spacial score (nSPS) is 11.6. The van der Waals surface area contributed by atoms with E-state index in [1.54, 1.807) is 0 Å². The number of nitrogens with one attached hydrogen (secondary N) is 2. The number of rotatable bonds is 4. The van der Waals surface area contributed by atoms with Gasteiger partial charge in [0.25, 0.3) is 0 Å². The molecule has 10 heteroatoms. The van der Waals surface area contributed by atoms with Crippen LogP contribution < -0.4 is 16.4 Å². The van der Waals surface area contributed by atoms with Gasteiger partial charge in [-0.1, -0.05) is 23.5 Å². The quantitative estimate of drug-likeness (QED) is 0.408. The Balaban J connectivity index is 1.57. The third kappa shape index (κ3) is 3.92. The zero-order chi connectivity index (χ0) is 20.6. The lowest BCUT2D eigenvalue weighted by molar-refractivity contribution is -0.137. The molecule has 0 saturated heterocycles. The van der Waals surface area contributed by atoms with Crippen LogP contribution in [-0.2, 0) is 6.18 Å². The van der Waals surface area contributed by atoms with Crippen LogP contribution in [0.1, 0.15) is 11.1 Å². The van der Waals surface area contributed by atoms with Crippen molar-refractivity contribution < 1.29 is 13.2 Å². The minimum Gasteiger partial charge on any atom is -0.393 e. The molecule has 0 aliphatic rings. The SMILES string of the molecule is Cc1cccc2sc(Nc3ncnc(Nc4ccc(C(F)(F)F)cc4)c3N)nc12. The number of anilines is 5. The average Bonchev–Trinajstić information content (AvgIpc) is 3.09. The fraction of sp³-hybridized carbons (Fsp3) is 0.105. The van der Waals surface area contributed by atoms with E-state index in [0.717, 1.165) is 27.9 Å². The second-order valence-electron chi connectivity index (χ2n) is 6.25. The summed E-state index contributed by atoms with van der Waals surface area (Å²) >= 11 is 1.46. The number of aryl methyl sites for hydroxylation is 1. The van der Waals surface area contributed by atoms with Crippen LogP contribution in [0, 0.1) is 6.92 Å². The number of para-hydroxylation sites is 1. The average molecular weight is 416 g/mol. The highest BCUT2D eigenvalue weighted by molar-refractivity contribution is 7.22. The lowest BCUT2D eigenvalue weighted by Crippen LogP contribution is -2.06. The number of thiazole rings is 1. The van der Waals surface area contributed by atoms with Crippen molar-refractivity contribution in [3.63, 3.8) is 0 Å². The Bertz CT molecular complexity index is 1170. The predicted molar refractivity (Wildman–Crippen MR) is 109 cm³/mol. The smallest absolute Gasteiger partial charge is 0.393 e. The molecule has 6 nitrogen and oxygen atoms in total. The van der Waals surface area contributed by atoms with Crippen LogP contribution >= 0.6 is 11.3 Å². The van der Waals surface area contributed by atoms with Gasteiger partial charge >= 0.3 is 6.18 Å². The predicted octanol–water partition coefficient (Wildman–Crippen LogP) is 5.48. The van der Waals surface area contributed by atoms with Crippen molar-refractivity contribution in [3.05, 3.63) is 59.9 Å². The summed E-state index contributed by atoms with van der Waals surface area (Å²) in [5.74, 6) is 0.630. The van der Waals surface area contributed by atoms with E-state index >= 15 is 0 Å². The van der Waals surface area contributed by atoms with Gasteiger partial charge in [-0.3, -0.25) is 0 Å². The highest BCUT2D eigenvalue weighted by Gasteiger charge is 2.30. The Kier molecular flexibility index (Phi) is 4.71. The maximum Gasteiger partial charge on any atom is 0.416 e. The number of aromatic nitrogens is 3. The molecule has 0 fully saturated rings. The molecule has 4 N–H and O–H groups in total. The number of nitrogen functional groups attached to an aromatic ring is 1. The van der Waals surface area contributed by atoms with E-state index in [4.69, 9.17) is 5.73 Å². The van der Waals surface area contributed by atoms with Gasteiger partial charge in [0.2, 0.25) is 0 Å². The van der Waals surface area contributed by atoms with E-state index in [2.05, 4.69) is 25.6 Å². The first-order chi connectivity index (χ1) is 13.8. The minimum absolute atomic E-state index is 0.225. The van der Waals surface area contributed by atoms with Crippen molar-refractivity contribution in [1.82, 2.24) is 15.0 Å². The van der Waals surface area contributed by atoms with E-state index in [0.29, 0.717) is 16.6 Å². The molecule has 2 aromatic carbocycles. The van der Waals surface area contributed by atoms with Crippen LogP contribution in [0.4, 0.5) is 41.3 Å². The first-order valence-corrected chi connectivity index (χ1v) is 9.31. The van der Waals surface area contributed by atoms with Gasteiger partial charge in [-0.05, 0) is 42.8 Å². The fourth-order valence-corrected chi connectivity index (χ4v) is 3.66. The molecule has 148 valence electrons. The zero-order valence-corrected chi connectivity index (χ0v) is 15.9. The summed E-state index contributed by atoms with van der Waals surface area (Å²) < 4.78 is 39.1. The van der Waals surface area contributed by atoms with Crippen LogP contribution in [0.25, 0.3) is 10.2 Å². The van der Waals surface area contributed by atoms with Crippen LogP contribution in [0.5, 0.6) is 0 Å². The number of nitrogens with two attached hydrogens (primary N) is 1. The molecule has 0 saturated carbocycles. The van der Waals surface area contributed by atoms with Gasteiger partial charge < -0.3 is 16.4 Å². The van der Waals surface area contributed by atoms with Gasteiger partial charge in [-0.15, -0.1) is 0 Å². The Labute approximate surface area is 167 Å². The number of hydrogen-bond acceptors (Lipinski definition) is 7. The van der Waals surface area contributed by atoms with E-state index in [-0.39, 0.29) is 11.5 Å². The summed E-state index contributed by atoms with van der Waals surface area (Å²) in [7, 11) is 0. The molecule has 4 rings (SSSR count). The molecule has 2 heterocycles. The summed E-state index contributed by atoms with van der Waals surface area (Å²) in [6.07, 6.45) is -3.08. The second kappa shape index (κ2) is 7.21. The van der Waals surface area contributed by atoms with Crippen LogP contribution in [0.2, 0.25) is 0 Å². The highest BCUT2D eigenvalue weighted by atomic mass is 32.1. The number of fused-ring (bicyclic) bond motifs is 1. The third-order valence-electron chi connectivity index (χ3n) is 4.20. The summed E-state index contributed by atoms with van der Waals surface area (Å²) in [5.41, 5.74) is 8.03. The summed E-state index contributed by atoms with van der Waals surface area (Å²) in [6, 6.07) is 10.5. The monoisotopic (exact) mass is 416 g/mol. The molecule has 0 unspecified atom stereocenters. The van der Waals surface area contributed by atoms with Gasteiger partial charge in [0.05, 0.1) is 15.8 Å². The second-order valence-corrected chi connectivity index (χ2v) is 7.28. The van der Waals surface area contributed by atoms with Gasteiger partial charge in [-0.2, -0.15) is 13.2 Å². The van der Waals surface area contributed by atoms with Crippen molar-refractivity contribution in [2.45, 2.75) is 13.1 Å². The lowest BCUT2D eigenvalue weighted by Gasteiger charge is -2.12. The molecule has 2 aromatic heterocycles. The zero-order valence-electron chi connectivity index (χ0n) is 15.1. The topological polar surface area (TPSA) is 88.8 Å². The third-order valence-corrected chi connectivity index (χ3v) is 5.14. The van der Waals surface area contributed by atoms with Crippen LogP contribution in [-0.4, -0.2) is 15.0 Å². The van der Waals surface area contributed by atoms with Crippen molar-refractivity contribution in [2.75, 3.05) is 16.4 Å². The Morgan fingerprint density at radius 1 is 0.966 bits per heavy atom. The van der Waals surface area contributed by atoms with Crippen molar-refractivity contribution in [1.29, 1.82) is 0 Å². The Morgan fingerprint density at radius 3 is 2.31 bits per heavy atom. The molecule has 0 bridgehead atoms. The van der Waals surface area contributed by atoms with Crippen molar-refractivity contribution in [2.24, 2.45) is 0 Å². The fourth-order valence-electron chi connectivity index (χ4n) is 2.72. The highest BCUT2D eigenvalue weighted by Crippen LogP contribution is 2.34. The standard InChI is InChI=1S/C19H15F3N6S/c1-10-3-2-4-13-15(10)27-18(29-13)28-17-14(23)16(24-9-25-17)26-12-7-5-11(6-8-12)19(20,21)22/h2-9H,23H2,1H3,(H2,24,25,26,27,28). The van der Waals surface area contributed by atoms with Gasteiger partial charge in [0, 0.05) is 5.69 Å². The molecular weight excluding hydrogens is 401 g/mol. The van der Waals surface area contributed by atoms with Crippen molar-refractivity contribution in [3.8, 4) is 0 Å². The summed E-state index contributed by atoms with van der Waals surface area (Å²) in [6.45, 7) is 1.98. The number of halogens is 3. The van der Waals surface area contributed by atoms with Gasteiger partial charge in [0.15, 0.2) is 16.8 Å². The minimum atomic E-state index is -4.39. The molecule has 0 amide bonds. The molecule has 4 aromatic rings. The first kappa shape index (κ1) is 18.9. The molecule has 29 heavy (non-hydrogen) atoms. The maximum absolute atomic E-state index is 12.7. The van der Waals surface area contributed by atoms with E-state index < -0.39 is 11.7 Å². The van der Waals surface area contributed by atoms with Crippen molar-refractivity contribution >= 4 is 49.7 Å². The van der Waals surface area contributed by atoms with Crippen LogP contribution in [0.15, 0.2) is 48.8 Å². The summed E-state index contributed by atoms with van der Waals surface area (Å²) in [5, 5.41) is 6.62. The van der Waals surface area contributed by atoms with E-state index in [1.165, 1.54) is 29.8 Å². The maximum atomic E-state index is 12.7. The Morgan fingerprint density at radius 2 is 1.66 bits per heavy atom. The van der Waals surface area contributed by atoms with E-state index in [9.17, 15) is 13.2 Å². The van der Waals surface area contributed by atoms with E-state index in [1.807, 2.05) is 25.1 Å². The van der Waals surface area contributed by atoms with Gasteiger partial charge in [0.1, 0.15) is 12.0 Å². The number of alkyl halides is 3. The largest absolute Gasteiger partial charge is 0.416 e. The molecule has 0 aliphatic heterocycles. The summed E-state index contributed by atoms with van der Waals surface area (Å²) in [4.78, 5) is 12.8. The molecule has 0 aliphatic carbocycles. The molecule has 0 spiro atoms. The first-order valence-electron chi connectivity index (χ1n) is 8.49. The molecular formula is C19H15F3N6S. The Hall–Kier alpha value is -3.40. The lowest BCUT2D eigenvalue weighted by atomic mass is 10.2. The van der Waals surface area contributed by atoms with Crippen LogP contribution in [0.3, 0.4) is 0 Å².